The van der Waals surface area contributed by atoms with Crippen LogP contribution in [0.4, 0.5) is 14.5 Å². The van der Waals surface area contributed by atoms with Crippen LogP contribution < -0.4 is 4.31 Å². The minimum absolute atomic E-state index is 0.0382. The van der Waals surface area contributed by atoms with E-state index < -0.39 is 27.7 Å². The van der Waals surface area contributed by atoms with Crippen LogP contribution in [-0.2, 0) is 10.0 Å². The fourth-order valence-electron chi connectivity index (χ4n) is 3.43. The van der Waals surface area contributed by atoms with Gasteiger partial charge in [-0.15, -0.1) is 0 Å². The normalized spacial score (nSPS) is 12.6. The molecule has 1 aromatic heterocycles. The molecular formula is C22H16BrF2N3O2S. The van der Waals surface area contributed by atoms with Crippen LogP contribution in [0.5, 0.6) is 0 Å². The van der Waals surface area contributed by atoms with Gasteiger partial charge in [-0.3, -0.25) is 14.3 Å². The molecule has 0 unspecified atom stereocenters. The Morgan fingerprint density at radius 3 is 2.45 bits per heavy atom. The van der Waals surface area contributed by atoms with Crippen LogP contribution in [0.15, 0.2) is 82.4 Å². The molecule has 3 aromatic carbocycles. The van der Waals surface area contributed by atoms with E-state index >= 15 is 0 Å². The number of nitrogens with zero attached hydrogens (tertiary/aromatic N) is 3. The molecule has 0 fully saturated rings. The summed E-state index contributed by atoms with van der Waals surface area (Å²) in [6.07, 6.45) is 2.88. The lowest BCUT2D eigenvalue weighted by atomic mass is 10.1. The molecule has 31 heavy (non-hydrogen) atoms. The molecular weight excluding hydrogens is 488 g/mol. The van der Waals surface area contributed by atoms with E-state index in [9.17, 15) is 17.2 Å². The molecule has 0 aliphatic carbocycles. The summed E-state index contributed by atoms with van der Waals surface area (Å²) < 4.78 is 57.6. The van der Waals surface area contributed by atoms with Crippen LogP contribution in [0.25, 0.3) is 11.0 Å². The van der Waals surface area contributed by atoms with Gasteiger partial charge in [-0.05, 0) is 43.3 Å². The van der Waals surface area contributed by atoms with Crippen LogP contribution in [0, 0.1) is 11.6 Å². The van der Waals surface area contributed by atoms with Crippen molar-refractivity contribution in [3.63, 3.8) is 0 Å². The van der Waals surface area contributed by atoms with Gasteiger partial charge in [0.2, 0.25) is 0 Å². The highest BCUT2D eigenvalue weighted by Crippen LogP contribution is 2.36. The SMILES string of the molecule is C[C@H](c1ccc(F)cc1F)N(c1cccc(Br)c1)S(=O)(=O)c1cccc2nccnc12. The second kappa shape index (κ2) is 8.32. The summed E-state index contributed by atoms with van der Waals surface area (Å²) in [6.45, 7) is 1.55. The largest absolute Gasteiger partial charge is 0.267 e. The van der Waals surface area contributed by atoms with Gasteiger partial charge in [-0.1, -0.05) is 34.1 Å². The lowest BCUT2D eigenvalue weighted by Gasteiger charge is -2.31. The van der Waals surface area contributed by atoms with Gasteiger partial charge in [0, 0.05) is 28.5 Å². The lowest BCUT2D eigenvalue weighted by molar-refractivity contribution is 0.554. The third kappa shape index (κ3) is 4.03. The van der Waals surface area contributed by atoms with Crippen LogP contribution in [0.2, 0.25) is 0 Å². The third-order valence-electron chi connectivity index (χ3n) is 4.83. The van der Waals surface area contributed by atoms with Crippen molar-refractivity contribution in [3.8, 4) is 0 Å². The molecule has 0 N–H and O–H groups in total. The summed E-state index contributed by atoms with van der Waals surface area (Å²) in [5.41, 5.74) is 0.970. The molecule has 4 aromatic rings. The Hall–Kier alpha value is -2.91. The molecule has 0 spiro atoms. The average molecular weight is 504 g/mol. The fraction of sp³-hybridized carbons (Fsp3) is 0.0909. The minimum atomic E-state index is -4.22. The van der Waals surface area contributed by atoms with Gasteiger partial charge < -0.3 is 0 Å². The zero-order valence-corrected chi connectivity index (χ0v) is 18.6. The van der Waals surface area contributed by atoms with Crippen LogP contribution >= 0.6 is 15.9 Å². The van der Waals surface area contributed by atoms with E-state index in [1.165, 1.54) is 24.5 Å². The quantitative estimate of drug-likeness (QED) is 0.354. The lowest BCUT2D eigenvalue weighted by Crippen LogP contribution is -2.34. The zero-order valence-electron chi connectivity index (χ0n) is 16.2. The first-order chi connectivity index (χ1) is 14.8. The molecule has 0 amide bonds. The number of hydrogen-bond acceptors (Lipinski definition) is 4. The van der Waals surface area contributed by atoms with Crippen molar-refractivity contribution in [2.24, 2.45) is 0 Å². The van der Waals surface area contributed by atoms with Gasteiger partial charge >= 0.3 is 0 Å². The van der Waals surface area contributed by atoms with E-state index in [1.54, 1.807) is 43.3 Å². The number of fused-ring (bicyclic) bond motifs is 1. The Balaban J connectivity index is 1.96. The van der Waals surface area contributed by atoms with E-state index in [0.29, 0.717) is 15.7 Å². The topological polar surface area (TPSA) is 63.2 Å². The van der Waals surface area contributed by atoms with Crippen molar-refractivity contribution in [2.45, 2.75) is 17.9 Å². The number of anilines is 1. The first-order valence-electron chi connectivity index (χ1n) is 9.24. The molecule has 0 aliphatic rings. The van der Waals surface area contributed by atoms with E-state index in [4.69, 9.17) is 0 Å². The summed E-state index contributed by atoms with van der Waals surface area (Å²) >= 11 is 3.36. The Morgan fingerprint density at radius 2 is 1.71 bits per heavy atom. The van der Waals surface area contributed by atoms with E-state index in [-0.39, 0.29) is 16.0 Å². The molecule has 0 saturated carbocycles. The summed E-state index contributed by atoms with van der Waals surface area (Å²) in [7, 11) is -4.22. The second-order valence-electron chi connectivity index (χ2n) is 6.80. The smallest absolute Gasteiger partial charge is 0.259 e. The van der Waals surface area contributed by atoms with Gasteiger partial charge in [0.05, 0.1) is 17.2 Å². The van der Waals surface area contributed by atoms with Crippen molar-refractivity contribution >= 4 is 42.7 Å². The summed E-state index contributed by atoms with van der Waals surface area (Å²) in [5.74, 6) is -1.57. The highest BCUT2D eigenvalue weighted by atomic mass is 79.9. The average Bonchev–Trinajstić information content (AvgIpc) is 2.73. The van der Waals surface area contributed by atoms with Crippen molar-refractivity contribution < 1.29 is 17.2 Å². The fourth-order valence-corrected chi connectivity index (χ4v) is 5.60. The van der Waals surface area contributed by atoms with E-state index in [1.807, 2.05) is 0 Å². The summed E-state index contributed by atoms with van der Waals surface area (Å²) in [6, 6.07) is 13.4. The highest BCUT2D eigenvalue weighted by molar-refractivity contribution is 9.10. The van der Waals surface area contributed by atoms with Crippen molar-refractivity contribution in [1.82, 2.24) is 9.97 Å². The Morgan fingerprint density at radius 1 is 0.968 bits per heavy atom. The monoisotopic (exact) mass is 503 g/mol. The summed E-state index contributed by atoms with van der Waals surface area (Å²) in [5, 5.41) is 0. The number of halogens is 3. The predicted octanol–water partition coefficient (Wildman–Crippen LogP) is 5.63. The highest BCUT2D eigenvalue weighted by Gasteiger charge is 2.33. The Labute approximate surface area is 186 Å². The number of para-hydroxylation sites is 1. The maximum Gasteiger partial charge on any atom is 0.267 e. The Kier molecular flexibility index (Phi) is 5.72. The standard InChI is InChI=1S/C22H16BrF2N3O2S/c1-14(18-9-8-16(24)13-19(18)25)28(17-5-2-4-15(23)12-17)31(29,30)21-7-3-6-20-22(21)27-11-10-26-20/h2-14H,1H3/t14-/m1/s1. The number of rotatable bonds is 5. The molecule has 1 atom stereocenters. The predicted molar refractivity (Wildman–Crippen MR) is 118 cm³/mol. The van der Waals surface area contributed by atoms with E-state index in [0.717, 1.165) is 16.4 Å². The third-order valence-corrected chi connectivity index (χ3v) is 7.25. The van der Waals surface area contributed by atoms with Crippen molar-refractivity contribution in [3.05, 3.63) is 94.7 Å². The first-order valence-corrected chi connectivity index (χ1v) is 11.5. The first kappa shape index (κ1) is 21.3. The van der Waals surface area contributed by atoms with Crippen molar-refractivity contribution in [1.29, 1.82) is 0 Å². The molecule has 158 valence electrons. The van der Waals surface area contributed by atoms with Gasteiger partial charge in [-0.25, -0.2) is 17.2 Å². The van der Waals surface area contributed by atoms with E-state index in [2.05, 4.69) is 25.9 Å². The maximum absolute atomic E-state index is 14.6. The molecule has 0 saturated heterocycles. The van der Waals surface area contributed by atoms with Gasteiger partial charge in [0.15, 0.2) is 0 Å². The number of aromatic nitrogens is 2. The van der Waals surface area contributed by atoms with Crippen LogP contribution in [0.3, 0.4) is 0 Å². The van der Waals surface area contributed by atoms with Gasteiger partial charge in [0.1, 0.15) is 22.0 Å². The molecule has 0 radical (unpaired) electrons. The number of hydrogen-bond donors (Lipinski definition) is 0. The van der Waals surface area contributed by atoms with Crippen LogP contribution in [-0.4, -0.2) is 18.4 Å². The maximum atomic E-state index is 14.6. The zero-order chi connectivity index (χ0) is 22.2. The molecule has 0 aliphatic heterocycles. The Bertz CT molecular complexity index is 1380. The van der Waals surface area contributed by atoms with Gasteiger partial charge in [0.25, 0.3) is 10.0 Å². The molecule has 9 heteroatoms. The molecule has 1 heterocycles. The van der Waals surface area contributed by atoms with Crippen LogP contribution in [0.1, 0.15) is 18.5 Å². The molecule has 5 nitrogen and oxygen atoms in total. The summed E-state index contributed by atoms with van der Waals surface area (Å²) in [4.78, 5) is 8.31. The van der Waals surface area contributed by atoms with Crippen molar-refractivity contribution in [2.75, 3.05) is 4.31 Å². The number of benzene rings is 3. The molecule has 0 bridgehead atoms. The molecule has 4 rings (SSSR count). The number of sulfonamides is 1. The van der Waals surface area contributed by atoms with Gasteiger partial charge in [-0.2, -0.15) is 0 Å². The minimum Gasteiger partial charge on any atom is -0.259 e. The second-order valence-corrected chi connectivity index (χ2v) is 9.50.